The van der Waals surface area contributed by atoms with Gasteiger partial charge >= 0.3 is 0 Å². The number of hydrogen-bond acceptors (Lipinski definition) is 5. The molecule has 6 nitrogen and oxygen atoms in total. The number of nitrogens with one attached hydrogen (secondary N) is 2. The predicted molar refractivity (Wildman–Crippen MR) is 125 cm³/mol. The summed E-state index contributed by atoms with van der Waals surface area (Å²) < 4.78 is 0. The first kappa shape index (κ1) is 21.4. The molecule has 0 atom stereocenters. The second kappa shape index (κ2) is 8.04. The van der Waals surface area contributed by atoms with E-state index in [9.17, 15) is 9.59 Å². The van der Waals surface area contributed by atoms with Crippen molar-refractivity contribution in [3.8, 4) is 0 Å². The summed E-state index contributed by atoms with van der Waals surface area (Å²) in [6.45, 7) is 10.6. The third kappa shape index (κ3) is 4.61. The largest absolute Gasteiger partial charge is 0.347 e. The number of fused-ring (bicyclic) bond motifs is 1. The van der Waals surface area contributed by atoms with Crippen molar-refractivity contribution < 1.29 is 9.59 Å². The summed E-state index contributed by atoms with van der Waals surface area (Å²) in [7, 11) is 0. The normalized spacial score (nSPS) is 14.0. The first-order valence-electron chi connectivity index (χ1n) is 10.6. The van der Waals surface area contributed by atoms with Crippen molar-refractivity contribution in [2.45, 2.75) is 59.4 Å². The highest BCUT2D eigenvalue weighted by Crippen LogP contribution is 2.33. The van der Waals surface area contributed by atoms with Gasteiger partial charge in [0.25, 0.3) is 5.91 Å². The van der Waals surface area contributed by atoms with Crippen molar-refractivity contribution in [3.05, 3.63) is 51.8 Å². The lowest BCUT2D eigenvalue weighted by Gasteiger charge is -2.16. The van der Waals surface area contributed by atoms with Crippen molar-refractivity contribution >= 4 is 39.1 Å². The summed E-state index contributed by atoms with van der Waals surface area (Å²) in [5.41, 5.74) is 3.45. The quantitative estimate of drug-likeness (QED) is 0.597. The second-order valence-corrected chi connectivity index (χ2v) is 10.3. The summed E-state index contributed by atoms with van der Waals surface area (Å²) in [5.74, 6) is 0.952. The van der Waals surface area contributed by atoms with Crippen LogP contribution in [0, 0.1) is 19.8 Å². The lowest BCUT2D eigenvalue weighted by Crippen LogP contribution is -2.22. The summed E-state index contributed by atoms with van der Waals surface area (Å²) in [6, 6.07) is 7.59. The molecule has 4 rings (SSSR count). The minimum Gasteiger partial charge on any atom is -0.347 e. The summed E-state index contributed by atoms with van der Waals surface area (Å²) in [5, 5.41) is 6.90. The van der Waals surface area contributed by atoms with E-state index in [1.807, 2.05) is 38.1 Å². The molecule has 2 aromatic heterocycles. The van der Waals surface area contributed by atoms with Crippen LogP contribution >= 0.6 is 11.3 Å². The van der Waals surface area contributed by atoms with Crippen LogP contribution in [0.4, 0.5) is 5.69 Å². The van der Waals surface area contributed by atoms with E-state index < -0.39 is 0 Å². The molecule has 0 radical (unpaired) electrons. The summed E-state index contributed by atoms with van der Waals surface area (Å²) >= 11 is 1.42. The molecule has 2 heterocycles. The highest BCUT2D eigenvalue weighted by molar-refractivity contribution is 7.20. The smallest absolute Gasteiger partial charge is 0.261 e. The maximum Gasteiger partial charge on any atom is 0.261 e. The highest BCUT2D eigenvalue weighted by Gasteiger charge is 2.29. The molecule has 2 N–H and O–H groups in total. The van der Waals surface area contributed by atoms with Crippen LogP contribution in [-0.2, 0) is 16.8 Å². The van der Waals surface area contributed by atoms with E-state index in [0.29, 0.717) is 11.4 Å². The first-order chi connectivity index (χ1) is 14.6. The van der Waals surface area contributed by atoms with Gasteiger partial charge in [-0.25, -0.2) is 9.97 Å². The zero-order valence-corrected chi connectivity index (χ0v) is 19.4. The SMILES string of the molecule is Cc1nc(C(C)(C)C)nc2sc(C(=O)NCc3ccc(NC(=O)C4CC4)cc3)c(C)c12. The van der Waals surface area contributed by atoms with Crippen LogP contribution in [0.1, 0.15) is 65.9 Å². The van der Waals surface area contributed by atoms with Crippen LogP contribution in [0.15, 0.2) is 24.3 Å². The van der Waals surface area contributed by atoms with Crippen molar-refractivity contribution in [1.82, 2.24) is 15.3 Å². The van der Waals surface area contributed by atoms with Gasteiger partial charge in [0.05, 0.1) is 10.6 Å². The Morgan fingerprint density at radius 2 is 1.77 bits per heavy atom. The van der Waals surface area contributed by atoms with Crippen molar-refractivity contribution in [2.75, 3.05) is 5.32 Å². The van der Waals surface area contributed by atoms with Gasteiger partial charge in [0, 0.05) is 29.0 Å². The van der Waals surface area contributed by atoms with Gasteiger partial charge in [-0.15, -0.1) is 11.3 Å². The monoisotopic (exact) mass is 436 g/mol. The van der Waals surface area contributed by atoms with Crippen molar-refractivity contribution in [1.29, 1.82) is 0 Å². The van der Waals surface area contributed by atoms with Crippen LogP contribution in [0.25, 0.3) is 10.2 Å². The van der Waals surface area contributed by atoms with Gasteiger partial charge in [0.2, 0.25) is 5.91 Å². The zero-order valence-electron chi connectivity index (χ0n) is 18.6. The van der Waals surface area contributed by atoms with Gasteiger partial charge in [-0.3, -0.25) is 9.59 Å². The van der Waals surface area contributed by atoms with Gasteiger partial charge in [-0.05, 0) is 49.9 Å². The fourth-order valence-corrected chi connectivity index (χ4v) is 4.60. The van der Waals surface area contributed by atoms with Gasteiger partial charge in [0.15, 0.2) is 0 Å². The molecule has 0 spiro atoms. The lowest BCUT2D eigenvalue weighted by atomic mass is 9.95. The number of benzene rings is 1. The molecule has 7 heteroatoms. The summed E-state index contributed by atoms with van der Waals surface area (Å²) in [6.07, 6.45) is 1.96. The molecule has 1 saturated carbocycles. The molecule has 0 saturated heterocycles. The molecule has 0 unspecified atom stereocenters. The van der Waals surface area contributed by atoms with Crippen LogP contribution in [0.3, 0.4) is 0 Å². The van der Waals surface area contributed by atoms with Crippen molar-refractivity contribution in [3.63, 3.8) is 0 Å². The molecule has 0 bridgehead atoms. The van der Waals surface area contributed by atoms with E-state index in [4.69, 9.17) is 4.98 Å². The Bertz CT molecular complexity index is 1160. The molecule has 3 aromatic rings. The Labute approximate surface area is 186 Å². The van der Waals surface area contributed by atoms with Gasteiger partial charge in [0.1, 0.15) is 10.7 Å². The molecular weight excluding hydrogens is 408 g/mol. The molecule has 31 heavy (non-hydrogen) atoms. The molecular formula is C24H28N4O2S. The molecule has 1 aromatic carbocycles. The molecule has 0 aliphatic heterocycles. The van der Waals surface area contributed by atoms with E-state index in [1.165, 1.54) is 11.3 Å². The van der Waals surface area contributed by atoms with Gasteiger partial charge in [-0.2, -0.15) is 0 Å². The van der Waals surface area contributed by atoms with Gasteiger partial charge < -0.3 is 10.6 Å². The van der Waals surface area contributed by atoms with Crippen LogP contribution in [0.5, 0.6) is 0 Å². The third-order valence-electron chi connectivity index (χ3n) is 5.47. The Hall–Kier alpha value is -2.80. The topological polar surface area (TPSA) is 84.0 Å². The van der Waals surface area contributed by atoms with E-state index in [0.717, 1.165) is 51.4 Å². The number of hydrogen-bond donors (Lipinski definition) is 2. The Balaban J connectivity index is 1.46. The van der Waals surface area contributed by atoms with E-state index >= 15 is 0 Å². The van der Waals surface area contributed by atoms with E-state index in [1.54, 1.807) is 0 Å². The number of anilines is 1. The standard InChI is InChI=1S/C24H28N4O2S/c1-13-18-14(2)26-23(24(3,4)5)28-22(18)31-19(13)21(30)25-12-15-6-10-17(11-7-15)27-20(29)16-8-9-16/h6-7,10-11,16H,8-9,12H2,1-5H3,(H,25,30)(H,27,29). The maximum absolute atomic E-state index is 12.9. The average Bonchev–Trinajstić information content (AvgIpc) is 3.50. The minimum atomic E-state index is -0.149. The summed E-state index contributed by atoms with van der Waals surface area (Å²) in [4.78, 5) is 35.7. The number of rotatable bonds is 5. The predicted octanol–water partition coefficient (Wildman–Crippen LogP) is 4.88. The molecule has 1 aliphatic rings. The van der Waals surface area contributed by atoms with Crippen molar-refractivity contribution in [2.24, 2.45) is 5.92 Å². The fraction of sp³-hybridized carbons (Fsp3) is 0.417. The number of carbonyl (C=O) groups is 2. The van der Waals surface area contributed by atoms with Crippen LogP contribution in [0.2, 0.25) is 0 Å². The van der Waals surface area contributed by atoms with E-state index in [-0.39, 0.29) is 23.1 Å². The third-order valence-corrected chi connectivity index (χ3v) is 6.66. The number of aryl methyl sites for hydroxylation is 2. The maximum atomic E-state index is 12.9. The Morgan fingerprint density at radius 3 is 2.39 bits per heavy atom. The average molecular weight is 437 g/mol. The zero-order chi connectivity index (χ0) is 22.3. The number of nitrogens with zero attached hydrogens (tertiary/aromatic N) is 2. The number of aromatic nitrogens is 2. The lowest BCUT2D eigenvalue weighted by molar-refractivity contribution is -0.117. The molecule has 2 amide bonds. The number of amides is 2. The van der Waals surface area contributed by atoms with Crippen LogP contribution < -0.4 is 10.6 Å². The number of carbonyl (C=O) groups excluding carboxylic acids is 2. The molecule has 162 valence electrons. The van der Waals surface area contributed by atoms with Gasteiger partial charge in [-0.1, -0.05) is 32.9 Å². The van der Waals surface area contributed by atoms with Crippen LogP contribution in [-0.4, -0.2) is 21.8 Å². The molecule has 1 aliphatic carbocycles. The molecule has 1 fully saturated rings. The number of thiophene rings is 1. The Morgan fingerprint density at radius 1 is 1.10 bits per heavy atom. The first-order valence-corrected chi connectivity index (χ1v) is 11.4. The Kier molecular flexibility index (Phi) is 5.56. The minimum absolute atomic E-state index is 0.0919. The van der Waals surface area contributed by atoms with E-state index in [2.05, 4.69) is 36.4 Å². The fourth-order valence-electron chi connectivity index (χ4n) is 3.45. The highest BCUT2D eigenvalue weighted by atomic mass is 32.1. The second-order valence-electron chi connectivity index (χ2n) is 9.26.